The molecule has 0 aliphatic rings. The minimum absolute atomic E-state index is 0.0209. The van der Waals surface area contributed by atoms with E-state index in [2.05, 4.69) is 0 Å². The van der Waals surface area contributed by atoms with Crippen LogP contribution in [0.2, 0.25) is 12.6 Å². The third kappa shape index (κ3) is 6.15. The monoisotopic (exact) mass is 486 g/mol. The van der Waals surface area contributed by atoms with Gasteiger partial charge >= 0.3 is 24.7 Å². The molecule has 0 amide bonds. The lowest BCUT2D eigenvalue weighted by molar-refractivity contribution is -0.367. The van der Waals surface area contributed by atoms with Gasteiger partial charge in [-0.05, 0) is 0 Å². The maximum atomic E-state index is 12.6. The summed E-state index contributed by atoms with van der Waals surface area (Å²) < 4.78 is 151. The van der Waals surface area contributed by atoms with Gasteiger partial charge in [-0.2, -0.15) is 52.7 Å². The van der Waals surface area contributed by atoms with Crippen molar-refractivity contribution in [2.24, 2.45) is 0 Å². The second kappa shape index (κ2) is 8.73. The molecule has 0 radical (unpaired) electrons. The second-order valence-electron chi connectivity index (χ2n) is 6.78. The maximum Gasteiger partial charge on any atom is 0.426 e. The third-order valence-electron chi connectivity index (χ3n) is 4.46. The van der Waals surface area contributed by atoms with E-state index in [0.717, 1.165) is 11.4 Å². The minimum atomic E-state index is -6.08. The van der Waals surface area contributed by atoms with E-state index >= 15 is 0 Å². The smallest absolute Gasteiger partial charge is 0.373 e. The lowest BCUT2D eigenvalue weighted by Gasteiger charge is -2.32. The Morgan fingerprint density at radius 2 is 0.833 bits per heavy atom. The van der Waals surface area contributed by atoms with Gasteiger partial charge in [0.15, 0.2) is 0 Å². The van der Waals surface area contributed by atoms with Gasteiger partial charge in [0, 0.05) is 12.8 Å². The molecule has 0 spiro atoms. The minimum Gasteiger partial charge on any atom is -0.373 e. The maximum absolute atomic E-state index is 12.6. The van der Waals surface area contributed by atoms with E-state index in [1.165, 1.54) is 13.5 Å². The molecule has 2 N–H and O–H groups in total. The summed E-state index contributed by atoms with van der Waals surface area (Å²) in [6.07, 6.45) is -27.5. The van der Waals surface area contributed by atoms with Gasteiger partial charge in [-0.1, -0.05) is 43.1 Å². The molecule has 0 bridgehead atoms. The van der Waals surface area contributed by atoms with Crippen molar-refractivity contribution in [2.45, 2.75) is 68.3 Å². The summed E-state index contributed by atoms with van der Waals surface area (Å²) in [6.45, 7) is 2.60. The molecule has 15 heteroatoms. The summed E-state index contributed by atoms with van der Waals surface area (Å²) in [4.78, 5) is 0. The number of alkyl halides is 12. The Morgan fingerprint density at radius 3 is 1.00 bits per heavy atom. The number of aliphatic hydroxyl groups is 2. The molecule has 0 unspecified atom stereocenters. The average Bonchev–Trinajstić information content (AvgIpc) is 2.50. The summed E-state index contributed by atoms with van der Waals surface area (Å²) in [5.41, 5.74) is -8.52. The zero-order valence-electron chi connectivity index (χ0n) is 15.4. The Kier molecular flexibility index (Phi) is 8.37. The third-order valence-corrected chi connectivity index (χ3v) is 7.98. The molecule has 0 saturated carbocycles. The van der Waals surface area contributed by atoms with Crippen molar-refractivity contribution < 1.29 is 62.9 Å². The van der Waals surface area contributed by atoms with Crippen LogP contribution in [0.15, 0.2) is 23.6 Å². The van der Waals surface area contributed by atoms with Gasteiger partial charge in [-0.15, -0.1) is 0 Å². The molecule has 178 valence electrons. The van der Waals surface area contributed by atoms with Gasteiger partial charge in [0.1, 0.15) is 0 Å². The Labute approximate surface area is 163 Å². The first-order valence-electron chi connectivity index (χ1n) is 8.04. The van der Waals surface area contributed by atoms with Crippen molar-refractivity contribution in [1.29, 1.82) is 0 Å². The van der Waals surface area contributed by atoms with Gasteiger partial charge in [0.05, 0.1) is 8.07 Å². The molecular weight excluding hydrogens is 468 g/mol. The molecule has 2 nitrogen and oxygen atoms in total. The molecule has 0 atom stereocenters. The van der Waals surface area contributed by atoms with Crippen molar-refractivity contribution in [3.63, 3.8) is 0 Å². The Balaban J connectivity index is 5.68. The summed E-state index contributed by atoms with van der Waals surface area (Å²) >= 11 is 0. The summed E-state index contributed by atoms with van der Waals surface area (Å²) in [6, 6.07) is -0.0209. The van der Waals surface area contributed by atoms with Crippen LogP contribution in [0.5, 0.6) is 0 Å². The van der Waals surface area contributed by atoms with Crippen LogP contribution < -0.4 is 0 Å². The van der Waals surface area contributed by atoms with E-state index in [1.54, 1.807) is 0 Å². The molecule has 0 aromatic rings. The first kappa shape index (κ1) is 28.8. The fourth-order valence-corrected chi connectivity index (χ4v) is 3.97. The van der Waals surface area contributed by atoms with Crippen molar-refractivity contribution in [2.75, 3.05) is 0 Å². The second-order valence-corrected chi connectivity index (χ2v) is 11.2. The Hall–Kier alpha value is -1.22. The summed E-state index contributed by atoms with van der Waals surface area (Å²) in [5, 5.41) is 18.1. The number of halogens is 12. The topological polar surface area (TPSA) is 40.5 Å². The van der Waals surface area contributed by atoms with E-state index in [4.69, 9.17) is 10.2 Å². The fraction of sp³-hybridized carbons (Fsp3) is 0.733. The first-order valence-corrected chi connectivity index (χ1v) is 10.9. The van der Waals surface area contributed by atoms with E-state index < -0.39 is 56.8 Å². The van der Waals surface area contributed by atoms with Crippen LogP contribution in [0.25, 0.3) is 0 Å². The first-order chi connectivity index (χ1) is 13.0. The largest absolute Gasteiger partial charge is 0.426 e. The molecule has 0 fully saturated rings. The van der Waals surface area contributed by atoms with Gasteiger partial charge in [-0.25, -0.2) is 0 Å². The Bertz CT molecular complexity index is 549. The summed E-state index contributed by atoms with van der Waals surface area (Å²) in [5.74, 6) is 0. The van der Waals surface area contributed by atoms with E-state index in [1.807, 2.05) is 0 Å². The van der Waals surface area contributed by atoms with Crippen LogP contribution in [-0.4, -0.2) is 54.2 Å². The number of rotatable bonds is 7. The zero-order valence-corrected chi connectivity index (χ0v) is 16.4. The van der Waals surface area contributed by atoms with Crippen molar-refractivity contribution in [3.8, 4) is 0 Å². The van der Waals surface area contributed by atoms with E-state index in [0.29, 0.717) is 12.2 Å². The predicted octanol–water partition coefficient (Wildman–Crippen LogP) is 5.77. The predicted molar refractivity (Wildman–Crippen MR) is 83.7 cm³/mol. The number of hydrogen-bond donors (Lipinski definition) is 2. The van der Waals surface area contributed by atoms with Gasteiger partial charge in [-0.3, -0.25) is 0 Å². The summed E-state index contributed by atoms with van der Waals surface area (Å²) in [7, 11) is -3.21. The van der Waals surface area contributed by atoms with E-state index in [-0.39, 0.29) is 6.04 Å². The molecule has 0 heterocycles. The normalized spacial score (nSPS) is 16.1. The molecule has 0 aromatic carbocycles. The van der Waals surface area contributed by atoms with Gasteiger partial charge in [0.25, 0.3) is 11.2 Å². The standard InChI is InChI=1S/C15H18F12O2Si/c1-3-30(2,8-4-6-10(28,12(16,17)18)13(19,20)21)9-5-7-11(29,14(22,23)24)15(25,26)27/h4-5,8-9,28-29H,3,6-7H2,1-2H3/b8-4+,9-5+. The highest BCUT2D eigenvalue weighted by Crippen LogP contribution is 2.46. The van der Waals surface area contributed by atoms with Crippen LogP contribution in [0.1, 0.15) is 19.8 Å². The zero-order chi connectivity index (χ0) is 24.4. The molecule has 0 aliphatic carbocycles. The van der Waals surface area contributed by atoms with Crippen molar-refractivity contribution >= 4 is 8.07 Å². The van der Waals surface area contributed by atoms with Crippen LogP contribution in [0.4, 0.5) is 52.7 Å². The number of hydrogen-bond acceptors (Lipinski definition) is 2. The molecular formula is C15H18F12O2Si. The fourth-order valence-electron chi connectivity index (χ4n) is 2.07. The van der Waals surface area contributed by atoms with Crippen molar-refractivity contribution in [3.05, 3.63) is 23.6 Å². The Morgan fingerprint density at radius 1 is 0.600 bits per heavy atom. The van der Waals surface area contributed by atoms with Crippen LogP contribution >= 0.6 is 0 Å². The van der Waals surface area contributed by atoms with Crippen LogP contribution in [-0.2, 0) is 0 Å². The molecule has 0 rings (SSSR count). The molecule has 0 aromatic heterocycles. The average molecular weight is 486 g/mol. The van der Waals surface area contributed by atoms with Gasteiger partial charge < -0.3 is 10.2 Å². The lowest BCUT2D eigenvalue weighted by Crippen LogP contribution is -2.56. The van der Waals surface area contributed by atoms with Crippen LogP contribution in [0, 0.1) is 0 Å². The molecule has 0 saturated heterocycles. The highest BCUT2D eigenvalue weighted by Gasteiger charge is 2.70. The SMILES string of the molecule is CC[Si](C)(/C=C/CC(O)(C(F)(F)F)C(F)(F)F)/C=C/CC(O)(C(F)(F)F)C(F)(F)F. The highest BCUT2D eigenvalue weighted by atomic mass is 28.3. The highest BCUT2D eigenvalue weighted by molar-refractivity contribution is 6.87. The van der Waals surface area contributed by atoms with E-state index in [9.17, 15) is 52.7 Å². The molecule has 0 aliphatic heterocycles. The van der Waals surface area contributed by atoms with Crippen molar-refractivity contribution in [1.82, 2.24) is 0 Å². The van der Waals surface area contributed by atoms with Gasteiger partial charge in [0.2, 0.25) is 0 Å². The molecule has 30 heavy (non-hydrogen) atoms. The van der Waals surface area contributed by atoms with Crippen LogP contribution in [0.3, 0.4) is 0 Å². The lowest BCUT2D eigenvalue weighted by atomic mass is 9.98. The quantitative estimate of drug-likeness (QED) is 0.355.